The number of aryl methyl sites for hydroxylation is 3. The van der Waals surface area contributed by atoms with E-state index in [1.54, 1.807) is 12.1 Å². The van der Waals surface area contributed by atoms with Gasteiger partial charge in [-0.2, -0.15) is 0 Å². The summed E-state index contributed by atoms with van der Waals surface area (Å²) >= 11 is 1.45. The van der Waals surface area contributed by atoms with Gasteiger partial charge in [-0.15, -0.1) is 11.3 Å². The molecule has 5 nitrogen and oxygen atoms in total. The van der Waals surface area contributed by atoms with Gasteiger partial charge in [0.1, 0.15) is 5.75 Å². The first-order chi connectivity index (χ1) is 10.9. The fourth-order valence-electron chi connectivity index (χ4n) is 2.56. The maximum absolute atomic E-state index is 12.3. The van der Waals surface area contributed by atoms with Crippen LogP contribution in [0, 0.1) is 6.92 Å². The van der Waals surface area contributed by atoms with Crippen molar-refractivity contribution in [1.82, 2.24) is 4.98 Å². The van der Waals surface area contributed by atoms with E-state index in [0.29, 0.717) is 5.13 Å². The number of nitrogens with one attached hydrogen (secondary N) is 1. The van der Waals surface area contributed by atoms with Gasteiger partial charge in [-0.25, -0.2) is 13.4 Å². The molecule has 0 saturated heterocycles. The van der Waals surface area contributed by atoms with E-state index in [-0.39, 0.29) is 4.90 Å². The van der Waals surface area contributed by atoms with Crippen LogP contribution in [0.15, 0.2) is 29.2 Å². The quantitative estimate of drug-likeness (QED) is 0.920. The minimum atomic E-state index is -3.63. The summed E-state index contributed by atoms with van der Waals surface area (Å²) in [6, 6.07) is 6.50. The van der Waals surface area contributed by atoms with Crippen LogP contribution in [0.1, 0.15) is 29.0 Å². The first-order valence-electron chi connectivity index (χ1n) is 7.52. The highest BCUT2D eigenvalue weighted by atomic mass is 32.2. The zero-order chi connectivity index (χ0) is 16.4. The predicted octanol–water partition coefficient (Wildman–Crippen LogP) is 2.74. The van der Waals surface area contributed by atoms with Gasteiger partial charge in [0.05, 0.1) is 10.6 Å². The SMILES string of the molecule is Cc1ccc(S(=O)(=O)CC(=O)Nc2nc3c(s2)CCCC3)cc1. The summed E-state index contributed by atoms with van der Waals surface area (Å²) in [5.41, 5.74) is 2.01. The Bertz CT molecular complexity index is 800. The van der Waals surface area contributed by atoms with E-state index in [1.165, 1.54) is 28.3 Å². The Morgan fingerprint density at radius 3 is 2.61 bits per heavy atom. The van der Waals surface area contributed by atoms with Gasteiger partial charge in [-0.3, -0.25) is 4.79 Å². The van der Waals surface area contributed by atoms with Crippen LogP contribution in [0.25, 0.3) is 0 Å². The lowest BCUT2D eigenvalue weighted by molar-refractivity contribution is -0.113. The number of anilines is 1. The molecule has 122 valence electrons. The van der Waals surface area contributed by atoms with E-state index in [2.05, 4.69) is 10.3 Å². The molecule has 0 radical (unpaired) electrons. The molecular weight excluding hydrogens is 332 g/mol. The fourth-order valence-corrected chi connectivity index (χ4v) is 4.76. The number of nitrogens with zero attached hydrogens (tertiary/aromatic N) is 1. The van der Waals surface area contributed by atoms with Gasteiger partial charge in [0.2, 0.25) is 5.91 Å². The van der Waals surface area contributed by atoms with Gasteiger partial charge < -0.3 is 5.32 Å². The molecule has 1 aliphatic rings. The van der Waals surface area contributed by atoms with E-state index < -0.39 is 21.5 Å². The largest absolute Gasteiger partial charge is 0.301 e. The van der Waals surface area contributed by atoms with Gasteiger partial charge in [0, 0.05) is 4.88 Å². The predicted molar refractivity (Wildman–Crippen MR) is 90.6 cm³/mol. The average Bonchev–Trinajstić information content (AvgIpc) is 2.88. The number of rotatable bonds is 4. The Morgan fingerprint density at radius 1 is 1.22 bits per heavy atom. The minimum absolute atomic E-state index is 0.164. The lowest BCUT2D eigenvalue weighted by Gasteiger charge is -2.06. The normalized spacial score (nSPS) is 14.3. The molecule has 0 unspecified atom stereocenters. The monoisotopic (exact) mass is 350 g/mol. The molecule has 0 fully saturated rings. The Kier molecular flexibility index (Phi) is 4.50. The maximum atomic E-state index is 12.3. The van der Waals surface area contributed by atoms with Crippen molar-refractivity contribution in [3.05, 3.63) is 40.4 Å². The third kappa shape index (κ3) is 3.79. The van der Waals surface area contributed by atoms with Crippen molar-refractivity contribution in [3.8, 4) is 0 Å². The van der Waals surface area contributed by atoms with Crippen LogP contribution in [0.5, 0.6) is 0 Å². The molecular formula is C16H18N2O3S2. The second-order valence-corrected chi connectivity index (χ2v) is 8.79. The Labute approximate surface area is 139 Å². The molecule has 0 bridgehead atoms. The van der Waals surface area contributed by atoms with Crippen molar-refractivity contribution in [2.24, 2.45) is 0 Å². The molecule has 1 amide bonds. The molecule has 1 aromatic carbocycles. The molecule has 0 aliphatic heterocycles. The van der Waals surface area contributed by atoms with Gasteiger partial charge in [-0.1, -0.05) is 17.7 Å². The topological polar surface area (TPSA) is 76.1 Å². The third-order valence-corrected chi connectivity index (χ3v) is 6.50. The smallest absolute Gasteiger partial charge is 0.241 e. The molecule has 0 atom stereocenters. The summed E-state index contributed by atoms with van der Waals surface area (Å²) in [5, 5.41) is 3.13. The molecule has 0 spiro atoms. The minimum Gasteiger partial charge on any atom is -0.301 e. The van der Waals surface area contributed by atoms with Crippen LogP contribution in [0.4, 0.5) is 5.13 Å². The first kappa shape index (κ1) is 16.1. The lowest BCUT2D eigenvalue weighted by Crippen LogP contribution is -2.23. The van der Waals surface area contributed by atoms with Crippen LogP contribution >= 0.6 is 11.3 Å². The number of fused-ring (bicyclic) bond motifs is 1. The van der Waals surface area contributed by atoms with Gasteiger partial charge in [0.15, 0.2) is 15.0 Å². The van der Waals surface area contributed by atoms with Crippen molar-refractivity contribution < 1.29 is 13.2 Å². The molecule has 2 aromatic rings. The number of hydrogen-bond acceptors (Lipinski definition) is 5. The number of amides is 1. The van der Waals surface area contributed by atoms with Crippen LogP contribution in [0.3, 0.4) is 0 Å². The average molecular weight is 350 g/mol. The Hall–Kier alpha value is -1.73. The summed E-state index contributed by atoms with van der Waals surface area (Å²) < 4.78 is 24.5. The molecule has 1 aliphatic carbocycles. The van der Waals surface area contributed by atoms with Gasteiger partial charge in [0.25, 0.3) is 0 Å². The van der Waals surface area contributed by atoms with Crippen molar-refractivity contribution in [3.63, 3.8) is 0 Å². The van der Waals surface area contributed by atoms with Gasteiger partial charge >= 0.3 is 0 Å². The zero-order valence-corrected chi connectivity index (χ0v) is 14.5. The standard InChI is InChI=1S/C16H18N2O3S2/c1-11-6-8-12(9-7-11)23(20,21)10-15(19)18-16-17-13-4-2-3-5-14(13)22-16/h6-9H,2-5,10H2,1H3,(H,17,18,19). The Morgan fingerprint density at radius 2 is 1.91 bits per heavy atom. The van der Waals surface area contributed by atoms with Crippen LogP contribution in [-0.2, 0) is 27.5 Å². The summed E-state index contributed by atoms with van der Waals surface area (Å²) in [6.45, 7) is 1.88. The van der Waals surface area contributed by atoms with Crippen LogP contribution in [0.2, 0.25) is 0 Å². The summed E-state index contributed by atoms with van der Waals surface area (Å²) in [5.74, 6) is -1.11. The number of thiazole rings is 1. The maximum Gasteiger partial charge on any atom is 0.241 e. The van der Waals surface area contributed by atoms with Crippen LogP contribution in [-0.4, -0.2) is 25.1 Å². The third-order valence-electron chi connectivity index (χ3n) is 3.79. The number of sulfone groups is 1. The van der Waals surface area contributed by atoms with Crippen molar-refractivity contribution >= 4 is 32.2 Å². The second-order valence-electron chi connectivity index (χ2n) is 5.72. The van der Waals surface area contributed by atoms with Crippen molar-refractivity contribution in [2.75, 3.05) is 11.1 Å². The highest BCUT2D eigenvalue weighted by molar-refractivity contribution is 7.92. The zero-order valence-electron chi connectivity index (χ0n) is 12.8. The highest BCUT2D eigenvalue weighted by Gasteiger charge is 2.21. The van der Waals surface area contributed by atoms with Crippen molar-refractivity contribution in [1.29, 1.82) is 0 Å². The number of carbonyl (C=O) groups is 1. The number of benzene rings is 1. The van der Waals surface area contributed by atoms with E-state index >= 15 is 0 Å². The molecule has 1 aromatic heterocycles. The van der Waals surface area contributed by atoms with Crippen LogP contribution < -0.4 is 5.32 Å². The summed E-state index contributed by atoms with van der Waals surface area (Å²) in [4.78, 5) is 17.8. The lowest BCUT2D eigenvalue weighted by atomic mass is 10.0. The van der Waals surface area contributed by atoms with E-state index in [9.17, 15) is 13.2 Å². The highest BCUT2D eigenvalue weighted by Crippen LogP contribution is 2.29. The summed E-state index contributed by atoms with van der Waals surface area (Å²) in [7, 11) is -3.63. The molecule has 1 N–H and O–H groups in total. The molecule has 23 heavy (non-hydrogen) atoms. The number of carbonyl (C=O) groups excluding carboxylic acids is 1. The van der Waals surface area contributed by atoms with E-state index in [1.807, 2.05) is 6.92 Å². The van der Waals surface area contributed by atoms with Gasteiger partial charge in [-0.05, 0) is 44.7 Å². The second kappa shape index (κ2) is 6.41. The molecule has 3 rings (SSSR count). The fraction of sp³-hybridized carbons (Fsp3) is 0.375. The molecule has 1 heterocycles. The van der Waals surface area contributed by atoms with Crippen molar-refractivity contribution in [2.45, 2.75) is 37.5 Å². The van der Waals surface area contributed by atoms with E-state index in [4.69, 9.17) is 0 Å². The number of aromatic nitrogens is 1. The molecule has 0 saturated carbocycles. The Balaban J connectivity index is 1.69. The summed E-state index contributed by atoms with van der Waals surface area (Å²) in [6.07, 6.45) is 4.18. The van der Waals surface area contributed by atoms with E-state index in [0.717, 1.165) is 36.9 Å². The first-order valence-corrected chi connectivity index (χ1v) is 9.99. The molecule has 7 heteroatoms. The number of hydrogen-bond donors (Lipinski definition) is 1.